The Morgan fingerprint density at radius 3 is 2.09 bits per heavy atom. The fourth-order valence-electron chi connectivity index (χ4n) is 8.16. The van der Waals surface area contributed by atoms with Crippen molar-refractivity contribution in [2.75, 3.05) is 27.2 Å². The number of ether oxygens (including phenoxy) is 2. The Balaban J connectivity index is 1.06. The molecular weight excluding hydrogens is 729 g/mol. The molecule has 4 N–H and O–H groups in total. The number of benzene rings is 3. The monoisotopic (exact) mass is 778 g/mol. The SMILES string of the molecule is COC(=O)N[C@H](C(=O)N1CCC[C@H]1c1nc2cc(-c3ccc(Oc4cccc5[nH]c([C@@H]6CCCN6C(=O)[C@H](C(C)C)N(C)C(=O)O)nc45)cc3)ccc2[nH]1)C(C)C. The minimum atomic E-state index is -1.14. The van der Waals surface area contributed by atoms with Crippen LogP contribution in [0.3, 0.4) is 0 Å². The number of methoxy groups -OCH3 is 1. The van der Waals surface area contributed by atoms with Crippen LogP contribution in [0.5, 0.6) is 11.5 Å². The number of nitrogens with zero attached hydrogens (tertiary/aromatic N) is 5. The summed E-state index contributed by atoms with van der Waals surface area (Å²) in [5, 5.41) is 12.3. The van der Waals surface area contributed by atoms with E-state index in [2.05, 4.69) is 15.3 Å². The summed E-state index contributed by atoms with van der Waals surface area (Å²) < 4.78 is 11.1. The van der Waals surface area contributed by atoms with Gasteiger partial charge in [-0.2, -0.15) is 0 Å². The van der Waals surface area contributed by atoms with Gasteiger partial charge in [-0.05, 0) is 85.0 Å². The van der Waals surface area contributed by atoms with E-state index < -0.39 is 24.3 Å². The molecule has 2 saturated heterocycles. The first-order chi connectivity index (χ1) is 27.3. The summed E-state index contributed by atoms with van der Waals surface area (Å²) >= 11 is 0. The molecule has 2 aliphatic rings. The Labute approximate surface area is 330 Å². The first-order valence-corrected chi connectivity index (χ1v) is 19.5. The van der Waals surface area contributed by atoms with Gasteiger partial charge in [0.1, 0.15) is 35.0 Å². The average molecular weight is 779 g/mol. The number of hydrogen-bond donors (Lipinski definition) is 4. The summed E-state index contributed by atoms with van der Waals surface area (Å²) in [6.07, 6.45) is 1.32. The van der Waals surface area contributed by atoms with Crippen molar-refractivity contribution in [2.45, 2.75) is 77.5 Å². The van der Waals surface area contributed by atoms with Crippen molar-refractivity contribution in [1.29, 1.82) is 0 Å². The van der Waals surface area contributed by atoms with Crippen molar-refractivity contribution in [1.82, 2.24) is 40.0 Å². The highest BCUT2D eigenvalue weighted by Gasteiger charge is 2.40. The van der Waals surface area contributed by atoms with Gasteiger partial charge in [-0.1, -0.05) is 52.0 Å². The highest BCUT2D eigenvalue weighted by atomic mass is 16.5. The number of imidazole rings is 2. The number of aromatic amines is 2. The van der Waals surface area contributed by atoms with Gasteiger partial charge in [-0.25, -0.2) is 19.6 Å². The summed E-state index contributed by atoms with van der Waals surface area (Å²) in [5.74, 6) is 1.85. The van der Waals surface area contributed by atoms with E-state index in [9.17, 15) is 24.3 Å². The highest BCUT2D eigenvalue weighted by Crippen LogP contribution is 2.37. The Morgan fingerprint density at radius 2 is 1.46 bits per heavy atom. The second-order valence-electron chi connectivity index (χ2n) is 15.6. The van der Waals surface area contributed by atoms with Gasteiger partial charge in [0.15, 0.2) is 5.75 Å². The van der Waals surface area contributed by atoms with Crippen LogP contribution in [0.2, 0.25) is 0 Å². The summed E-state index contributed by atoms with van der Waals surface area (Å²) in [4.78, 5) is 72.4. The van der Waals surface area contributed by atoms with Crippen LogP contribution >= 0.6 is 0 Å². The minimum Gasteiger partial charge on any atom is -0.465 e. The standard InChI is InChI=1S/C42H50N8O7/c1-23(2)34(47-41(53)56-6)39(51)49-20-8-11-31(49)37-43-28-19-16-26(22-30(28)45-37)25-14-17-27(18-15-25)57-33-13-7-10-29-35(33)46-38(44-29)32-12-9-21-50(32)40(52)36(24(3)4)48(5)42(54)55/h7,10,13-19,22-24,31-32,34,36H,8-9,11-12,20-21H2,1-6H3,(H,43,45)(H,44,46)(H,47,53)(H,54,55)/t31-,32-,34-,36-/m0/s1. The quantitative estimate of drug-likeness (QED) is 0.107. The predicted octanol–water partition coefficient (Wildman–Crippen LogP) is 7.24. The topological polar surface area (TPSA) is 186 Å². The number of rotatable bonds is 11. The number of fused-ring (bicyclic) bond motifs is 2. The molecule has 4 atom stereocenters. The van der Waals surface area contributed by atoms with E-state index in [4.69, 9.17) is 19.4 Å². The molecule has 0 saturated carbocycles. The number of aromatic nitrogens is 4. The fourth-order valence-corrected chi connectivity index (χ4v) is 8.16. The van der Waals surface area contributed by atoms with E-state index >= 15 is 0 Å². The van der Waals surface area contributed by atoms with Gasteiger partial charge in [-0.15, -0.1) is 0 Å². The number of alkyl carbamates (subject to hydrolysis) is 1. The van der Waals surface area contributed by atoms with E-state index in [1.807, 2.05) is 88.4 Å². The zero-order chi connectivity index (χ0) is 40.5. The third kappa shape index (κ3) is 7.83. The highest BCUT2D eigenvalue weighted by molar-refractivity contribution is 5.88. The van der Waals surface area contributed by atoms with Crippen molar-refractivity contribution < 1.29 is 33.8 Å². The van der Waals surface area contributed by atoms with E-state index in [-0.39, 0.29) is 35.7 Å². The number of carbonyl (C=O) groups excluding carboxylic acids is 3. The van der Waals surface area contributed by atoms with Crippen molar-refractivity contribution in [3.63, 3.8) is 0 Å². The van der Waals surface area contributed by atoms with Gasteiger partial charge in [0, 0.05) is 20.1 Å². The zero-order valence-electron chi connectivity index (χ0n) is 33.1. The molecule has 2 aliphatic heterocycles. The van der Waals surface area contributed by atoms with Gasteiger partial charge in [0.25, 0.3) is 0 Å². The molecule has 57 heavy (non-hydrogen) atoms. The Bertz CT molecular complexity index is 2280. The normalized spacial score (nSPS) is 18.0. The Hall–Kier alpha value is -6.12. The second kappa shape index (κ2) is 16.2. The maximum Gasteiger partial charge on any atom is 0.407 e. The fraction of sp³-hybridized carbons (Fsp3) is 0.429. The van der Waals surface area contributed by atoms with E-state index in [1.54, 1.807) is 9.80 Å². The van der Waals surface area contributed by atoms with Crippen LogP contribution in [0, 0.1) is 11.8 Å². The lowest BCUT2D eigenvalue weighted by Gasteiger charge is -2.33. The van der Waals surface area contributed by atoms with E-state index in [0.717, 1.165) is 51.8 Å². The van der Waals surface area contributed by atoms with Crippen molar-refractivity contribution in [3.8, 4) is 22.6 Å². The molecule has 2 fully saturated rings. The van der Waals surface area contributed by atoms with E-state index in [0.29, 0.717) is 48.2 Å². The van der Waals surface area contributed by atoms with Crippen LogP contribution in [-0.2, 0) is 14.3 Å². The first-order valence-electron chi connectivity index (χ1n) is 19.5. The lowest BCUT2D eigenvalue weighted by molar-refractivity contribution is -0.138. The molecule has 4 heterocycles. The van der Waals surface area contributed by atoms with Gasteiger partial charge < -0.3 is 39.7 Å². The molecule has 3 aromatic carbocycles. The number of likely N-dealkylation sites (N-methyl/N-ethyl adjacent to an activating group) is 1. The van der Waals surface area contributed by atoms with Crippen LogP contribution < -0.4 is 10.1 Å². The summed E-state index contributed by atoms with van der Waals surface area (Å²) in [5.41, 5.74) is 5.01. The number of carbonyl (C=O) groups is 4. The van der Waals surface area contributed by atoms with E-state index in [1.165, 1.54) is 14.2 Å². The van der Waals surface area contributed by atoms with Gasteiger partial charge in [0.2, 0.25) is 11.8 Å². The minimum absolute atomic E-state index is 0.119. The van der Waals surface area contributed by atoms with Crippen LogP contribution in [0.25, 0.3) is 33.2 Å². The first kappa shape index (κ1) is 39.1. The molecule has 0 unspecified atom stereocenters. The molecule has 0 spiro atoms. The third-order valence-corrected chi connectivity index (χ3v) is 11.1. The summed E-state index contributed by atoms with van der Waals surface area (Å²) in [6, 6.07) is 17.4. The number of likely N-dealkylation sites (tertiary alicyclic amines) is 2. The van der Waals surface area contributed by atoms with Crippen molar-refractivity contribution in [3.05, 3.63) is 72.3 Å². The third-order valence-electron chi connectivity index (χ3n) is 11.1. The van der Waals surface area contributed by atoms with Gasteiger partial charge in [-0.3, -0.25) is 14.5 Å². The number of nitrogens with one attached hydrogen (secondary N) is 3. The number of H-pyrrole nitrogens is 2. The average Bonchev–Trinajstić information content (AvgIpc) is 4.02. The molecule has 2 aromatic heterocycles. The largest absolute Gasteiger partial charge is 0.465 e. The molecule has 0 bridgehead atoms. The number of para-hydroxylation sites is 1. The van der Waals surface area contributed by atoms with Crippen LogP contribution in [0.15, 0.2) is 60.7 Å². The van der Waals surface area contributed by atoms with Crippen molar-refractivity contribution >= 4 is 46.1 Å². The number of amides is 4. The summed E-state index contributed by atoms with van der Waals surface area (Å²) in [7, 11) is 2.72. The molecule has 300 valence electrons. The molecule has 7 rings (SSSR count). The Kier molecular flexibility index (Phi) is 11.1. The molecule has 0 radical (unpaired) electrons. The molecule has 5 aromatic rings. The van der Waals surface area contributed by atoms with Gasteiger partial charge >= 0.3 is 12.2 Å². The summed E-state index contributed by atoms with van der Waals surface area (Å²) in [6.45, 7) is 8.60. The Morgan fingerprint density at radius 1 is 0.825 bits per heavy atom. The number of carboxylic acid groups (broad SMARTS) is 1. The number of hydrogen-bond acceptors (Lipinski definition) is 8. The smallest absolute Gasteiger partial charge is 0.407 e. The van der Waals surface area contributed by atoms with Crippen LogP contribution in [0.1, 0.15) is 77.1 Å². The van der Waals surface area contributed by atoms with Crippen LogP contribution in [-0.4, -0.2) is 103 Å². The van der Waals surface area contributed by atoms with Gasteiger partial charge in [0.05, 0.1) is 35.7 Å². The molecular formula is C42H50N8O7. The lowest BCUT2D eigenvalue weighted by Crippen LogP contribution is -2.51. The second-order valence-corrected chi connectivity index (χ2v) is 15.6. The predicted molar refractivity (Wildman–Crippen MR) is 214 cm³/mol. The zero-order valence-corrected chi connectivity index (χ0v) is 33.1. The van der Waals surface area contributed by atoms with Crippen molar-refractivity contribution in [2.24, 2.45) is 11.8 Å². The molecule has 4 amide bonds. The molecule has 15 heteroatoms. The van der Waals surface area contributed by atoms with Crippen LogP contribution in [0.4, 0.5) is 9.59 Å². The maximum absolute atomic E-state index is 13.7. The lowest BCUT2D eigenvalue weighted by atomic mass is 10.0. The maximum atomic E-state index is 13.7. The molecule has 15 nitrogen and oxygen atoms in total. The molecule has 0 aliphatic carbocycles.